The molecule has 1 heterocycles. The van der Waals surface area contributed by atoms with Gasteiger partial charge in [0.1, 0.15) is 5.82 Å². The van der Waals surface area contributed by atoms with Gasteiger partial charge in [0, 0.05) is 10.3 Å². The fourth-order valence-corrected chi connectivity index (χ4v) is 4.44. The second-order valence-corrected chi connectivity index (χ2v) is 8.25. The van der Waals surface area contributed by atoms with Crippen LogP contribution in [0, 0.1) is 5.82 Å². The number of nitrogens with one attached hydrogen (secondary N) is 1. The smallest absolute Gasteiger partial charge is 0.274 e. The lowest BCUT2D eigenvalue weighted by Gasteiger charge is -2.16. The molecule has 0 unspecified atom stereocenters. The van der Waals surface area contributed by atoms with Gasteiger partial charge in [0.2, 0.25) is 5.91 Å². The van der Waals surface area contributed by atoms with Crippen LogP contribution in [0.15, 0.2) is 58.2 Å². The maximum Gasteiger partial charge on any atom is 0.274 e. The van der Waals surface area contributed by atoms with Gasteiger partial charge in [0.25, 0.3) is 5.56 Å². The van der Waals surface area contributed by atoms with Gasteiger partial charge in [-0.1, -0.05) is 31.0 Å². The van der Waals surface area contributed by atoms with Gasteiger partial charge >= 0.3 is 0 Å². The van der Waals surface area contributed by atoms with Crippen molar-refractivity contribution < 1.29 is 9.18 Å². The average molecular weight is 412 g/mol. The summed E-state index contributed by atoms with van der Waals surface area (Å²) in [6.45, 7) is 0.260. The minimum atomic E-state index is -0.297. The number of benzene rings is 2. The maximum atomic E-state index is 13.0. The van der Waals surface area contributed by atoms with E-state index in [1.165, 1.54) is 23.9 Å². The highest BCUT2D eigenvalue weighted by molar-refractivity contribution is 8.00. The molecule has 4 rings (SSSR count). The minimum absolute atomic E-state index is 0.0607. The molecule has 0 saturated heterocycles. The molecule has 0 spiro atoms. The third-order valence-electron chi connectivity index (χ3n) is 5.21. The van der Waals surface area contributed by atoms with E-state index in [1.807, 2.05) is 24.3 Å². The monoisotopic (exact) mass is 411 g/mol. The quantitative estimate of drug-likeness (QED) is 0.622. The number of aromatic nitrogens is 2. The Hall–Kier alpha value is -2.67. The van der Waals surface area contributed by atoms with Crippen molar-refractivity contribution >= 4 is 28.4 Å². The molecule has 0 atom stereocenters. The minimum Gasteiger partial charge on any atom is -0.350 e. The standard InChI is InChI=1S/C22H22FN3O2S/c23-15-9-11-17(12-10-15)29-14-21(27)24-13-20-18-7-3-4-8-19(18)22(28)26(25-20)16-5-1-2-6-16/h3-4,7-12,16H,1-2,5-6,13-14H2,(H,24,27). The van der Waals surface area contributed by atoms with Crippen molar-refractivity contribution in [3.8, 4) is 0 Å². The Kier molecular flexibility index (Phi) is 5.94. The van der Waals surface area contributed by atoms with Gasteiger partial charge in [-0.15, -0.1) is 11.8 Å². The zero-order valence-electron chi connectivity index (χ0n) is 15.9. The van der Waals surface area contributed by atoms with E-state index >= 15 is 0 Å². The summed E-state index contributed by atoms with van der Waals surface area (Å²) in [6.07, 6.45) is 4.15. The van der Waals surface area contributed by atoms with Gasteiger partial charge in [-0.2, -0.15) is 5.10 Å². The second-order valence-electron chi connectivity index (χ2n) is 7.20. The summed E-state index contributed by atoms with van der Waals surface area (Å²) in [5, 5.41) is 8.94. The molecule has 0 radical (unpaired) electrons. The topological polar surface area (TPSA) is 64.0 Å². The van der Waals surface area contributed by atoms with Gasteiger partial charge in [0.05, 0.1) is 29.4 Å². The fraction of sp³-hybridized carbons (Fsp3) is 0.318. The summed E-state index contributed by atoms with van der Waals surface area (Å²) in [4.78, 5) is 26.0. The number of amides is 1. The van der Waals surface area contributed by atoms with E-state index in [0.717, 1.165) is 36.0 Å². The van der Waals surface area contributed by atoms with Gasteiger partial charge < -0.3 is 5.32 Å². The first kappa shape index (κ1) is 19.6. The van der Waals surface area contributed by atoms with Crippen LogP contribution in [0.25, 0.3) is 10.8 Å². The maximum absolute atomic E-state index is 13.0. The summed E-state index contributed by atoms with van der Waals surface area (Å²) in [5.41, 5.74) is 0.640. The molecule has 150 valence electrons. The number of hydrogen-bond acceptors (Lipinski definition) is 4. The predicted molar refractivity (Wildman–Crippen MR) is 112 cm³/mol. The Balaban J connectivity index is 1.49. The summed E-state index contributed by atoms with van der Waals surface area (Å²) in [7, 11) is 0. The van der Waals surface area contributed by atoms with Crippen LogP contribution in [0.5, 0.6) is 0 Å². The number of thioether (sulfide) groups is 1. The van der Waals surface area contributed by atoms with E-state index < -0.39 is 0 Å². The first-order valence-electron chi connectivity index (χ1n) is 9.77. The van der Waals surface area contributed by atoms with Crippen molar-refractivity contribution in [2.45, 2.75) is 43.2 Å². The molecule has 3 aromatic rings. The van der Waals surface area contributed by atoms with Gasteiger partial charge in [0.15, 0.2) is 0 Å². The predicted octanol–water partition coefficient (Wildman–Crippen LogP) is 4.06. The molecule has 0 aliphatic heterocycles. The molecular formula is C22H22FN3O2S. The number of rotatable bonds is 6. The Morgan fingerprint density at radius 2 is 1.79 bits per heavy atom. The van der Waals surface area contributed by atoms with E-state index in [9.17, 15) is 14.0 Å². The average Bonchev–Trinajstić information content (AvgIpc) is 3.28. The van der Waals surface area contributed by atoms with E-state index in [0.29, 0.717) is 11.1 Å². The first-order chi connectivity index (χ1) is 14.1. The van der Waals surface area contributed by atoms with Crippen molar-refractivity contribution in [1.82, 2.24) is 15.1 Å². The lowest BCUT2D eigenvalue weighted by Crippen LogP contribution is -2.30. The van der Waals surface area contributed by atoms with Crippen LogP contribution in [0.4, 0.5) is 4.39 Å². The number of hydrogen-bond donors (Lipinski definition) is 1. The molecule has 7 heteroatoms. The van der Waals surface area contributed by atoms with Crippen molar-refractivity contribution in [2.24, 2.45) is 0 Å². The lowest BCUT2D eigenvalue weighted by atomic mass is 10.1. The summed E-state index contributed by atoms with van der Waals surface area (Å²) in [6, 6.07) is 13.6. The summed E-state index contributed by atoms with van der Waals surface area (Å²) < 4.78 is 14.6. The number of nitrogens with zero attached hydrogens (tertiary/aromatic N) is 2. The molecule has 1 N–H and O–H groups in total. The largest absolute Gasteiger partial charge is 0.350 e. The van der Waals surface area contributed by atoms with Crippen LogP contribution in [-0.2, 0) is 11.3 Å². The number of fused-ring (bicyclic) bond motifs is 1. The van der Waals surface area contributed by atoms with Crippen LogP contribution in [0.2, 0.25) is 0 Å². The van der Waals surface area contributed by atoms with E-state index in [-0.39, 0.29) is 35.6 Å². The zero-order valence-corrected chi connectivity index (χ0v) is 16.8. The van der Waals surface area contributed by atoms with Crippen LogP contribution in [0.1, 0.15) is 37.4 Å². The van der Waals surface area contributed by atoms with Crippen molar-refractivity contribution in [3.63, 3.8) is 0 Å². The SMILES string of the molecule is O=C(CSc1ccc(F)cc1)NCc1nn(C2CCCC2)c(=O)c2ccccc12. The Labute approximate surface area is 172 Å². The molecule has 1 saturated carbocycles. The van der Waals surface area contributed by atoms with Gasteiger partial charge in [-0.25, -0.2) is 9.07 Å². The highest BCUT2D eigenvalue weighted by Gasteiger charge is 2.21. The highest BCUT2D eigenvalue weighted by Crippen LogP contribution is 2.28. The molecule has 2 aromatic carbocycles. The van der Waals surface area contributed by atoms with Crippen LogP contribution < -0.4 is 10.9 Å². The number of halogens is 1. The molecule has 0 bridgehead atoms. The van der Waals surface area contributed by atoms with Gasteiger partial charge in [-0.05, 0) is 43.2 Å². The van der Waals surface area contributed by atoms with Crippen LogP contribution in [0.3, 0.4) is 0 Å². The van der Waals surface area contributed by atoms with Crippen LogP contribution in [-0.4, -0.2) is 21.4 Å². The molecule has 5 nitrogen and oxygen atoms in total. The molecule has 1 amide bonds. The molecule has 1 aliphatic rings. The molecule has 1 aromatic heterocycles. The van der Waals surface area contributed by atoms with E-state index in [2.05, 4.69) is 10.4 Å². The fourth-order valence-electron chi connectivity index (χ4n) is 3.71. The zero-order chi connectivity index (χ0) is 20.2. The Morgan fingerprint density at radius 1 is 1.10 bits per heavy atom. The molecular weight excluding hydrogens is 389 g/mol. The third-order valence-corrected chi connectivity index (χ3v) is 6.22. The lowest BCUT2D eigenvalue weighted by molar-refractivity contribution is -0.118. The van der Waals surface area contributed by atoms with Crippen LogP contribution >= 0.6 is 11.8 Å². The number of carbonyl (C=O) groups excluding carboxylic acids is 1. The van der Waals surface area contributed by atoms with Crippen molar-refractivity contribution in [3.05, 3.63) is 70.4 Å². The highest BCUT2D eigenvalue weighted by atomic mass is 32.2. The molecule has 1 fully saturated rings. The summed E-state index contributed by atoms with van der Waals surface area (Å²) >= 11 is 1.35. The van der Waals surface area contributed by atoms with Crippen molar-refractivity contribution in [2.75, 3.05) is 5.75 Å². The second kappa shape index (κ2) is 8.78. The third kappa shape index (κ3) is 4.50. The van der Waals surface area contributed by atoms with Crippen molar-refractivity contribution in [1.29, 1.82) is 0 Å². The first-order valence-corrected chi connectivity index (χ1v) is 10.8. The number of carbonyl (C=O) groups is 1. The van der Waals surface area contributed by atoms with Gasteiger partial charge in [-0.3, -0.25) is 9.59 Å². The normalized spacial score (nSPS) is 14.4. The molecule has 1 aliphatic carbocycles. The van der Waals surface area contributed by atoms with E-state index in [4.69, 9.17) is 0 Å². The molecule has 29 heavy (non-hydrogen) atoms. The van der Waals surface area contributed by atoms with E-state index in [1.54, 1.807) is 16.8 Å². The Morgan fingerprint density at radius 3 is 2.52 bits per heavy atom. The summed E-state index contributed by atoms with van der Waals surface area (Å²) in [5.74, 6) is -0.204. The Bertz CT molecular complexity index is 1080.